The number of halogens is 1. The van der Waals surface area contributed by atoms with Crippen LogP contribution in [0.1, 0.15) is 17.8 Å². The molecule has 1 aliphatic heterocycles. The van der Waals surface area contributed by atoms with Gasteiger partial charge in [-0.05, 0) is 55.8 Å². The second-order valence-electron chi connectivity index (χ2n) is 7.86. The number of hydrogen-bond donors (Lipinski definition) is 2. The van der Waals surface area contributed by atoms with Crippen molar-refractivity contribution in [1.82, 2.24) is 24.2 Å². The van der Waals surface area contributed by atoms with Crippen LogP contribution in [0.25, 0.3) is 0 Å². The maximum absolute atomic E-state index is 13.2. The summed E-state index contributed by atoms with van der Waals surface area (Å²) in [6.07, 6.45) is 0.648. The van der Waals surface area contributed by atoms with Gasteiger partial charge in [-0.25, -0.2) is 12.8 Å². The summed E-state index contributed by atoms with van der Waals surface area (Å²) < 4.78 is 40.5. The summed E-state index contributed by atoms with van der Waals surface area (Å²) in [5.74, 6) is 0.519. The lowest BCUT2D eigenvalue weighted by Crippen LogP contribution is -2.35. The number of hydrogen-bond acceptors (Lipinski definition) is 8. The molecule has 0 radical (unpaired) electrons. The van der Waals surface area contributed by atoms with Gasteiger partial charge >= 0.3 is 0 Å². The number of nitrogen functional groups attached to an aromatic ring is 1. The minimum absolute atomic E-state index is 0.0921. The summed E-state index contributed by atoms with van der Waals surface area (Å²) >= 11 is 0. The number of para-hydroxylation sites is 1. The summed E-state index contributed by atoms with van der Waals surface area (Å²) in [7, 11) is -3.68. The fraction of sp³-hybridized carbons (Fsp3) is 0.318. The smallest absolute Gasteiger partial charge is 0.243 e. The summed E-state index contributed by atoms with van der Waals surface area (Å²) in [4.78, 5) is 15.1. The largest absolute Gasteiger partial charge is 0.368 e. The molecule has 2 aromatic carbocycles. The molecule has 0 saturated carbocycles. The van der Waals surface area contributed by atoms with Gasteiger partial charge in [0.15, 0.2) is 0 Å². The van der Waals surface area contributed by atoms with Gasteiger partial charge in [0, 0.05) is 25.3 Å². The van der Waals surface area contributed by atoms with Gasteiger partial charge in [-0.15, -0.1) is 0 Å². The predicted octanol–water partition coefficient (Wildman–Crippen LogP) is 2.54. The lowest BCUT2D eigenvalue weighted by Gasteiger charge is -2.21. The van der Waals surface area contributed by atoms with E-state index in [1.807, 2.05) is 31.2 Å². The number of sulfonamides is 1. The first-order valence-corrected chi connectivity index (χ1v) is 12.1. The molecule has 1 saturated heterocycles. The third-order valence-electron chi connectivity index (χ3n) is 5.45. The maximum atomic E-state index is 13.2. The highest BCUT2D eigenvalue weighted by atomic mass is 32.2. The van der Waals surface area contributed by atoms with Crippen molar-refractivity contribution in [2.24, 2.45) is 0 Å². The first kappa shape index (κ1) is 23.0. The molecule has 11 heteroatoms. The molecule has 1 fully saturated rings. The molecule has 0 atom stereocenters. The van der Waals surface area contributed by atoms with Crippen molar-refractivity contribution >= 4 is 27.6 Å². The molecule has 174 valence electrons. The Bertz CT molecular complexity index is 1220. The molecule has 0 amide bonds. The summed E-state index contributed by atoms with van der Waals surface area (Å²) in [6, 6.07) is 12.7. The Balaban J connectivity index is 1.43. The third kappa shape index (κ3) is 5.62. The van der Waals surface area contributed by atoms with Gasteiger partial charge in [0.2, 0.25) is 21.9 Å². The van der Waals surface area contributed by atoms with Crippen LogP contribution < -0.4 is 11.1 Å². The van der Waals surface area contributed by atoms with Gasteiger partial charge < -0.3 is 11.1 Å². The van der Waals surface area contributed by atoms with Crippen molar-refractivity contribution in [3.05, 3.63) is 65.7 Å². The number of nitrogens with zero attached hydrogens (tertiary/aromatic N) is 5. The fourth-order valence-corrected chi connectivity index (χ4v) is 5.17. The van der Waals surface area contributed by atoms with Crippen molar-refractivity contribution in [2.75, 3.05) is 37.2 Å². The van der Waals surface area contributed by atoms with E-state index in [2.05, 4.69) is 25.2 Å². The summed E-state index contributed by atoms with van der Waals surface area (Å²) in [5, 5.41) is 3.18. The number of benzene rings is 2. The molecule has 4 rings (SSSR count). The van der Waals surface area contributed by atoms with Crippen LogP contribution in [-0.2, 0) is 16.6 Å². The molecular formula is C22H26FN7O2S. The van der Waals surface area contributed by atoms with E-state index < -0.39 is 15.8 Å². The highest BCUT2D eigenvalue weighted by Gasteiger charge is 2.27. The van der Waals surface area contributed by atoms with Gasteiger partial charge in [0.25, 0.3) is 0 Å². The SMILES string of the molecule is Cc1ccccc1Nc1nc(N)nc(CN2CCCN(S(=O)(=O)c3ccc(F)cc3)CC2)n1. The van der Waals surface area contributed by atoms with Gasteiger partial charge in [0.1, 0.15) is 11.6 Å². The Labute approximate surface area is 192 Å². The van der Waals surface area contributed by atoms with Gasteiger partial charge in [-0.1, -0.05) is 18.2 Å². The number of nitrogens with two attached hydrogens (primary N) is 1. The van der Waals surface area contributed by atoms with E-state index in [0.717, 1.165) is 23.4 Å². The Kier molecular flexibility index (Phi) is 6.82. The molecular weight excluding hydrogens is 445 g/mol. The molecule has 0 unspecified atom stereocenters. The monoisotopic (exact) mass is 471 g/mol. The Morgan fingerprint density at radius 3 is 2.52 bits per heavy atom. The topological polar surface area (TPSA) is 117 Å². The first-order chi connectivity index (χ1) is 15.8. The van der Waals surface area contributed by atoms with Crippen LogP contribution in [0.15, 0.2) is 53.4 Å². The molecule has 3 N–H and O–H groups in total. The van der Waals surface area contributed by atoms with Crippen LogP contribution in [0.3, 0.4) is 0 Å². The lowest BCUT2D eigenvalue weighted by atomic mass is 10.2. The second-order valence-corrected chi connectivity index (χ2v) is 9.80. The number of nitrogens with one attached hydrogen (secondary N) is 1. The molecule has 1 aromatic heterocycles. The molecule has 1 aliphatic rings. The standard InChI is InChI=1S/C22H26FN7O2S/c1-16-5-2-3-6-19(16)25-22-27-20(26-21(24)28-22)15-29-11-4-12-30(14-13-29)33(31,32)18-9-7-17(23)8-10-18/h2-3,5-10H,4,11-15H2,1H3,(H3,24,25,26,27,28). The van der Waals surface area contributed by atoms with Crippen molar-refractivity contribution < 1.29 is 12.8 Å². The fourth-order valence-electron chi connectivity index (χ4n) is 3.70. The molecule has 0 aliphatic carbocycles. The predicted molar refractivity (Wildman–Crippen MR) is 124 cm³/mol. The van der Waals surface area contributed by atoms with Gasteiger partial charge in [-0.2, -0.15) is 19.3 Å². The average molecular weight is 472 g/mol. The van der Waals surface area contributed by atoms with Crippen LogP contribution in [0.5, 0.6) is 0 Å². The zero-order valence-corrected chi connectivity index (χ0v) is 19.1. The van der Waals surface area contributed by atoms with Crippen molar-refractivity contribution in [3.8, 4) is 0 Å². The van der Waals surface area contributed by atoms with E-state index >= 15 is 0 Å². The van der Waals surface area contributed by atoms with E-state index in [-0.39, 0.29) is 10.8 Å². The van der Waals surface area contributed by atoms with E-state index in [4.69, 9.17) is 5.73 Å². The van der Waals surface area contributed by atoms with Gasteiger partial charge in [-0.3, -0.25) is 4.90 Å². The zero-order chi connectivity index (χ0) is 23.4. The number of aromatic nitrogens is 3. The molecule has 2 heterocycles. The Morgan fingerprint density at radius 1 is 1.00 bits per heavy atom. The van der Waals surface area contributed by atoms with Crippen molar-refractivity contribution in [1.29, 1.82) is 0 Å². The second kappa shape index (κ2) is 9.77. The maximum Gasteiger partial charge on any atom is 0.243 e. The first-order valence-electron chi connectivity index (χ1n) is 10.6. The molecule has 0 spiro atoms. The quantitative estimate of drug-likeness (QED) is 0.563. The molecule has 9 nitrogen and oxygen atoms in total. The van der Waals surface area contributed by atoms with Crippen molar-refractivity contribution in [3.63, 3.8) is 0 Å². The van der Waals surface area contributed by atoms with Crippen LogP contribution in [0, 0.1) is 12.7 Å². The van der Waals surface area contributed by atoms with Gasteiger partial charge in [0.05, 0.1) is 11.4 Å². The van der Waals surface area contributed by atoms with E-state index in [9.17, 15) is 12.8 Å². The minimum Gasteiger partial charge on any atom is -0.368 e. The van der Waals surface area contributed by atoms with E-state index in [1.165, 1.54) is 16.4 Å². The molecule has 0 bridgehead atoms. The van der Waals surface area contributed by atoms with Crippen LogP contribution in [0.2, 0.25) is 0 Å². The zero-order valence-electron chi connectivity index (χ0n) is 18.3. The summed E-state index contributed by atoms with van der Waals surface area (Å²) in [6.45, 7) is 4.29. The van der Waals surface area contributed by atoms with Crippen LogP contribution >= 0.6 is 0 Å². The number of aryl methyl sites for hydroxylation is 1. The Hall–Kier alpha value is -3.15. The van der Waals surface area contributed by atoms with E-state index in [1.54, 1.807) is 0 Å². The molecule has 3 aromatic rings. The lowest BCUT2D eigenvalue weighted by molar-refractivity contribution is 0.272. The minimum atomic E-state index is -3.68. The number of rotatable bonds is 6. The van der Waals surface area contributed by atoms with Crippen molar-refractivity contribution in [2.45, 2.75) is 24.8 Å². The van der Waals surface area contributed by atoms with Crippen LogP contribution in [0.4, 0.5) is 22.0 Å². The van der Waals surface area contributed by atoms with E-state index in [0.29, 0.717) is 50.9 Å². The van der Waals surface area contributed by atoms with Crippen LogP contribution in [-0.4, -0.2) is 58.8 Å². The molecule has 33 heavy (non-hydrogen) atoms. The third-order valence-corrected chi connectivity index (χ3v) is 7.37. The Morgan fingerprint density at radius 2 is 1.76 bits per heavy atom. The highest BCUT2D eigenvalue weighted by molar-refractivity contribution is 7.89. The normalized spacial score (nSPS) is 15.8. The summed E-state index contributed by atoms with van der Waals surface area (Å²) in [5.41, 5.74) is 7.84. The highest BCUT2D eigenvalue weighted by Crippen LogP contribution is 2.20. The average Bonchev–Trinajstić information content (AvgIpc) is 3.01. The number of anilines is 3.